The first kappa shape index (κ1) is 13.7. The van der Waals surface area contributed by atoms with Crippen LogP contribution in [0.3, 0.4) is 0 Å². The van der Waals surface area contributed by atoms with E-state index in [2.05, 4.69) is 39.8 Å². The SMILES string of the molecule is CCc1nn(CC)c(CN(C)CCO)c1Br. The molecule has 5 heteroatoms. The molecule has 1 heterocycles. The van der Waals surface area contributed by atoms with Gasteiger partial charge >= 0.3 is 0 Å². The van der Waals surface area contributed by atoms with Crippen LogP contribution in [0.1, 0.15) is 25.2 Å². The summed E-state index contributed by atoms with van der Waals surface area (Å²) in [5.74, 6) is 0. The lowest BCUT2D eigenvalue weighted by Gasteiger charge is -2.16. The average Bonchev–Trinajstić information content (AvgIpc) is 2.56. The molecular weight excluding hydrogens is 270 g/mol. The number of hydrogen-bond acceptors (Lipinski definition) is 3. The van der Waals surface area contributed by atoms with E-state index in [9.17, 15) is 0 Å². The molecule has 0 bridgehead atoms. The maximum atomic E-state index is 8.89. The molecule has 16 heavy (non-hydrogen) atoms. The van der Waals surface area contributed by atoms with Crippen molar-refractivity contribution in [3.63, 3.8) is 0 Å². The maximum absolute atomic E-state index is 8.89. The van der Waals surface area contributed by atoms with Crippen LogP contribution in [0.2, 0.25) is 0 Å². The second kappa shape index (κ2) is 6.37. The summed E-state index contributed by atoms with van der Waals surface area (Å²) in [6.07, 6.45) is 0.935. The van der Waals surface area contributed by atoms with Crippen LogP contribution in [0.5, 0.6) is 0 Å². The minimum absolute atomic E-state index is 0.190. The van der Waals surface area contributed by atoms with Crippen LogP contribution in [-0.4, -0.2) is 40.0 Å². The average molecular weight is 290 g/mol. The minimum atomic E-state index is 0.190. The molecule has 0 fully saturated rings. The van der Waals surface area contributed by atoms with E-state index in [1.54, 1.807) is 0 Å². The molecule has 0 aliphatic heterocycles. The van der Waals surface area contributed by atoms with E-state index in [1.807, 2.05) is 11.7 Å². The van der Waals surface area contributed by atoms with Crippen molar-refractivity contribution in [2.24, 2.45) is 0 Å². The Bertz CT molecular complexity index is 338. The molecule has 4 nitrogen and oxygen atoms in total. The third-order valence-electron chi connectivity index (χ3n) is 2.60. The van der Waals surface area contributed by atoms with Gasteiger partial charge in [-0.05, 0) is 36.3 Å². The van der Waals surface area contributed by atoms with Crippen LogP contribution in [0.25, 0.3) is 0 Å². The first-order valence-corrected chi connectivity index (χ1v) is 6.46. The number of aliphatic hydroxyl groups is 1. The summed E-state index contributed by atoms with van der Waals surface area (Å²) in [5.41, 5.74) is 2.30. The molecule has 0 atom stereocenters. The number of aryl methyl sites for hydroxylation is 2. The van der Waals surface area contributed by atoms with Crippen LogP contribution in [0.4, 0.5) is 0 Å². The van der Waals surface area contributed by atoms with E-state index in [1.165, 1.54) is 5.69 Å². The fourth-order valence-corrected chi connectivity index (χ4v) is 2.36. The minimum Gasteiger partial charge on any atom is -0.395 e. The number of hydrogen-bond donors (Lipinski definition) is 1. The monoisotopic (exact) mass is 289 g/mol. The van der Waals surface area contributed by atoms with Gasteiger partial charge in [0.25, 0.3) is 0 Å². The van der Waals surface area contributed by atoms with Gasteiger partial charge in [-0.25, -0.2) is 0 Å². The number of rotatable bonds is 6. The number of aromatic nitrogens is 2. The maximum Gasteiger partial charge on any atom is 0.0767 e. The lowest BCUT2D eigenvalue weighted by atomic mass is 10.3. The highest BCUT2D eigenvalue weighted by atomic mass is 79.9. The zero-order valence-electron chi connectivity index (χ0n) is 10.2. The van der Waals surface area contributed by atoms with Gasteiger partial charge in [-0.15, -0.1) is 0 Å². The van der Waals surface area contributed by atoms with Gasteiger partial charge in [0.1, 0.15) is 0 Å². The van der Waals surface area contributed by atoms with Crippen molar-refractivity contribution in [3.8, 4) is 0 Å². The number of likely N-dealkylation sites (N-methyl/N-ethyl adjacent to an activating group) is 1. The van der Waals surface area contributed by atoms with Gasteiger partial charge in [0.05, 0.1) is 22.5 Å². The van der Waals surface area contributed by atoms with Crippen molar-refractivity contribution in [1.29, 1.82) is 0 Å². The van der Waals surface area contributed by atoms with Gasteiger partial charge in [-0.2, -0.15) is 5.10 Å². The van der Waals surface area contributed by atoms with Gasteiger partial charge in [-0.1, -0.05) is 6.92 Å². The molecule has 0 saturated heterocycles. The Morgan fingerprint density at radius 1 is 1.44 bits per heavy atom. The quantitative estimate of drug-likeness (QED) is 0.866. The second-order valence-corrected chi connectivity index (χ2v) is 4.63. The normalized spacial score (nSPS) is 11.4. The van der Waals surface area contributed by atoms with Gasteiger partial charge in [-0.3, -0.25) is 9.58 Å². The smallest absolute Gasteiger partial charge is 0.0767 e. The Kier molecular flexibility index (Phi) is 5.44. The van der Waals surface area contributed by atoms with E-state index in [4.69, 9.17) is 5.11 Å². The molecule has 0 amide bonds. The zero-order chi connectivity index (χ0) is 12.1. The van der Waals surface area contributed by atoms with Crippen molar-refractivity contribution >= 4 is 15.9 Å². The fraction of sp³-hybridized carbons (Fsp3) is 0.727. The summed E-state index contributed by atoms with van der Waals surface area (Å²) in [6.45, 7) is 6.75. The summed E-state index contributed by atoms with van der Waals surface area (Å²) in [6, 6.07) is 0. The molecule has 0 aromatic carbocycles. The largest absolute Gasteiger partial charge is 0.395 e. The standard InChI is InChI=1S/C11H20BrN3O/c1-4-9-11(12)10(15(5-2)13-9)8-14(3)6-7-16/h16H,4-8H2,1-3H3. The highest BCUT2D eigenvalue weighted by Gasteiger charge is 2.14. The number of nitrogens with zero attached hydrogens (tertiary/aromatic N) is 3. The highest BCUT2D eigenvalue weighted by molar-refractivity contribution is 9.10. The summed E-state index contributed by atoms with van der Waals surface area (Å²) in [4.78, 5) is 2.09. The fourth-order valence-electron chi connectivity index (χ4n) is 1.67. The van der Waals surface area contributed by atoms with Gasteiger partial charge in [0, 0.05) is 19.6 Å². The molecule has 0 aliphatic carbocycles. The van der Waals surface area contributed by atoms with Crippen LogP contribution >= 0.6 is 15.9 Å². The molecule has 0 unspecified atom stereocenters. The van der Waals surface area contributed by atoms with E-state index >= 15 is 0 Å². The van der Waals surface area contributed by atoms with Crippen LogP contribution in [0, 0.1) is 0 Å². The Morgan fingerprint density at radius 3 is 2.62 bits per heavy atom. The van der Waals surface area contributed by atoms with E-state index in [0.717, 1.165) is 29.7 Å². The Morgan fingerprint density at radius 2 is 2.12 bits per heavy atom. The summed E-state index contributed by atoms with van der Waals surface area (Å²) < 4.78 is 3.14. The first-order valence-electron chi connectivity index (χ1n) is 5.67. The topological polar surface area (TPSA) is 41.3 Å². The first-order chi connectivity index (χ1) is 7.63. The Balaban J connectivity index is 2.88. The molecule has 1 rings (SSSR count). The molecule has 1 N–H and O–H groups in total. The molecule has 1 aromatic heterocycles. The third kappa shape index (κ3) is 3.06. The molecule has 0 spiro atoms. The number of halogens is 1. The Hall–Kier alpha value is -0.390. The third-order valence-corrected chi connectivity index (χ3v) is 3.51. The summed E-state index contributed by atoms with van der Waals surface area (Å²) in [5, 5.41) is 13.4. The van der Waals surface area contributed by atoms with Gasteiger partial charge in [0.15, 0.2) is 0 Å². The summed E-state index contributed by atoms with van der Waals surface area (Å²) in [7, 11) is 2.00. The van der Waals surface area contributed by atoms with Crippen LogP contribution in [-0.2, 0) is 19.5 Å². The predicted molar refractivity (Wildman–Crippen MR) is 68.4 cm³/mol. The second-order valence-electron chi connectivity index (χ2n) is 3.84. The zero-order valence-corrected chi connectivity index (χ0v) is 11.8. The van der Waals surface area contributed by atoms with Crippen molar-refractivity contribution < 1.29 is 5.11 Å². The van der Waals surface area contributed by atoms with Crippen LogP contribution in [0.15, 0.2) is 4.47 Å². The number of aliphatic hydroxyl groups excluding tert-OH is 1. The molecule has 0 radical (unpaired) electrons. The van der Waals surface area contributed by atoms with Gasteiger partial charge in [0.2, 0.25) is 0 Å². The molecule has 1 aromatic rings. The van der Waals surface area contributed by atoms with Crippen molar-refractivity contribution in [3.05, 3.63) is 15.9 Å². The Labute approximate surface area is 105 Å². The predicted octanol–water partition coefficient (Wildman–Crippen LogP) is 1.65. The lowest BCUT2D eigenvalue weighted by Crippen LogP contribution is -2.23. The van der Waals surface area contributed by atoms with Crippen molar-refractivity contribution in [1.82, 2.24) is 14.7 Å². The molecular formula is C11H20BrN3O. The van der Waals surface area contributed by atoms with Crippen LogP contribution < -0.4 is 0 Å². The molecule has 92 valence electrons. The summed E-state index contributed by atoms with van der Waals surface area (Å²) >= 11 is 3.61. The highest BCUT2D eigenvalue weighted by Crippen LogP contribution is 2.23. The van der Waals surface area contributed by atoms with E-state index in [0.29, 0.717) is 6.54 Å². The van der Waals surface area contributed by atoms with E-state index in [-0.39, 0.29) is 6.61 Å². The molecule has 0 aliphatic rings. The van der Waals surface area contributed by atoms with E-state index < -0.39 is 0 Å². The van der Waals surface area contributed by atoms with Gasteiger partial charge < -0.3 is 5.11 Å². The van der Waals surface area contributed by atoms with Crippen molar-refractivity contribution in [2.45, 2.75) is 33.4 Å². The molecule has 0 saturated carbocycles. The lowest BCUT2D eigenvalue weighted by molar-refractivity contribution is 0.214. The van der Waals surface area contributed by atoms with Crippen molar-refractivity contribution in [2.75, 3.05) is 20.2 Å².